The first-order valence-electron chi connectivity index (χ1n) is 4.06. The maximum absolute atomic E-state index is 10.8. The minimum absolute atomic E-state index is 0.698. The summed E-state index contributed by atoms with van der Waals surface area (Å²) in [4.78, 5) is 0. The number of aromatic nitrogens is 1. The lowest BCUT2D eigenvalue weighted by Gasteiger charge is -2.06. The van der Waals surface area contributed by atoms with Crippen molar-refractivity contribution in [1.29, 1.82) is 0 Å². The van der Waals surface area contributed by atoms with E-state index < -0.39 is 0 Å². The molecule has 0 spiro atoms. The molecule has 1 aromatic heterocycles. The van der Waals surface area contributed by atoms with Gasteiger partial charge in [-0.05, 0) is 13.3 Å². The smallest absolute Gasteiger partial charge is 0.186 e. The molecule has 0 atom stereocenters. The molecule has 0 aromatic carbocycles. The zero-order chi connectivity index (χ0) is 8.97. The van der Waals surface area contributed by atoms with Gasteiger partial charge in [0.25, 0.3) is 0 Å². The Balaban J connectivity index is 2.72. The van der Waals surface area contributed by atoms with Crippen molar-refractivity contribution in [1.82, 2.24) is 0 Å². The van der Waals surface area contributed by atoms with Crippen molar-refractivity contribution in [2.24, 2.45) is 0 Å². The highest BCUT2D eigenvalue weighted by Crippen LogP contribution is 2.13. The molecule has 1 rings (SSSR count). The molecule has 0 bridgehead atoms. The normalized spacial score (nSPS) is 9.83. The second kappa shape index (κ2) is 3.95. The third kappa shape index (κ3) is 2.12. The average Bonchev–Trinajstić information content (AvgIpc) is 2.03. The largest absolute Gasteiger partial charge is 0.619 e. The zero-order valence-electron chi connectivity index (χ0n) is 7.41. The molecule has 0 N–H and O–H groups in total. The average molecular weight is 167 g/mol. The summed E-state index contributed by atoms with van der Waals surface area (Å²) in [5, 5.41) is 10.8. The first-order chi connectivity index (χ1) is 5.74. The zero-order valence-corrected chi connectivity index (χ0v) is 7.41. The molecule has 0 saturated heterocycles. The SMILES string of the molecule is CCCOc1cc[n+]([O-])cc1C. The van der Waals surface area contributed by atoms with Crippen molar-refractivity contribution in [3.05, 3.63) is 29.2 Å². The van der Waals surface area contributed by atoms with Gasteiger partial charge in [-0.15, -0.1) is 0 Å². The van der Waals surface area contributed by atoms with Crippen molar-refractivity contribution in [2.75, 3.05) is 6.61 Å². The topological polar surface area (TPSA) is 36.2 Å². The molecule has 1 aromatic rings. The number of ether oxygens (including phenoxy) is 1. The third-order valence-corrected chi connectivity index (χ3v) is 1.54. The molecule has 0 aliphatic rings. The lowest BCUT2D eigenvalue weighted by atomic mass is 10.3. The van der Waals surface area contributed by atoms with E-state index in [0.717, 1.165) is 22.5 Å². The van der Waals surface area contributed by atoms with E-state index in [0.29, 0.717) is 6.61 Å². The fourth-order valence-corrected chi connectivity index (χ4v) is 0.944. The number of aryl methyl sites for hydroxylation is 1. The summed E-state index contributed by atoms with van der Waals surface area (Å²) in [6.45, 7) is 4.61. The third-order valence-electron chi connectivity index (χ3n) is 1.54. The van der Waals surface area contributed by atoms with Gasteiger partial charge in [0.15, 0.2) is 12.4 Å². The Hall–Kier alpha value is -1.25. The summed E-state index contributed by atoms with van der Waals surface area (Å²) in [5.41, 5.74) is 0.876. The van der Waals surface area contributed by atoms with Crippen LogP contribution in [0.1, 0.15) is 18.9 Å². The highest BCUT2D eigenvalue weighted by molar-refractivity contribution is 5.26. The summed E-state index contributed by atoms with van der Waals surface area (Å²) in [7, 11) is 0. The second-order valence-corrected chi connectivity index (χ2v) is 2.70. The van der Waals surface area contributed by atoms with Crippen molar-refractivity contribution in [2.45, 2.75) is 20.3 Å². The molecule has 0 unspecified atom stereocenters. The molecule has 0 aliphatic carbocycles. The summed E-state index contributed by atoms with van der Waals surface area (Å²) >= 11 is 0. The van der Waals surface area contributed by atoms with Crippen molar-refractivity contribution in [3.63, 3.8) is 0 Å². The van der Waals surface area contributed by atoms with E-state index in [9.17, 15) is 5.21 Å². The van der Waals surface area contributed by atoms with E-state index in [1.165, 1.54) is 12.4 Å². The fourth-order valence-electron chi connectivity index (χ4n) is 0.944. The molecule has 12 heavy (non-hydrogen) atoms. The number of nitrogens with zero attached hydrogens (tertiary/aromatic N) is 1. The van der Waals surface area contributed by atoms with Crippen LogP contribution in [0.25, 0.3) is 0 Å². The highest BCUT2D eigenvalue weighted by atomic mass is 16.5. The Kier molecular flexibility index (Phi) is 2.91. The van der Waals surface area contributed by atoms with Crippen molar-refractivity contribution in [3.8, 4) is 5.75 Å². The van der Waals surface area contributed by atoms with E-state index in [2.05, 4.69) is 0 Å². The van der Waals surface area contributed by atoms with Crippen LogP contribution in [-0.4, -0.2) is 6.61 Å². The monoisotopic (exact) mass is 167 g/mol. The van der Waals surface area contributed by atoms with Gasteiger partial charge < -0.3 is 9.94 Å². The van der Waals surface area contributed by atoms with Crippen molar-refractivity contribution >= 4 is 0 Å². The van der Waals surface area contributed by atoms with Gasteiger partial charge in [-0.25, -0.2) is 0 Å². The van der Waals surface area contributed by atoms with Gasteiger partial charge >= 0.3 is 0 Å². The summed E-state index contributed by atoms with van der Waals surface area (Å²) < 4.78 is 6.16. The Labute approximate surface area is 72.2 Å². The van der Waals surface area contributed by atoms with E-state index in [-0.39, 0.29) is 0 Å². The van der Waals surface area contributed by atoms with Gasteiger partial charge in [0.2, 0.25) is 0 Å². The standard InChI is InChI=1S/C9H13NO2/c1-3-6-12-9-4-5-10(11)7-8(9)2/h4-5,7H,3,6H2,1-2H3. The van der Waals surface area contributed by atoms with Gasteiger partial charge in [0.1, 0.15) is 5.75 Å². The second-order valence-electron chi connectivity index (χ2n) is 2.70. The van der Waals surface area contributed by atoms with Crippen molar-refractivity contribution < 1.29 is 9.47 Å². The Bertz CT molecular complexity index is 261. The van der Waals surface area contributed by atoms with Crippen LogP contribution in [0.4, 0.5) is 0 Å². The number of rotatable bonds is 3. The van der Waals surface area contributed by atoms with Gasteiger partial charge in [-0.3, -0.25) is 0 Å². The lowest BCUT2D eigenvalue weighted by molar-refractivity contribution is -0.605. The molecule has 66 valence electrons. The van der Waals surface area contributed by atoms with E-state index >= 15 is 0 Å². The van der Waals surface area contributed by atoms with Crippen LogP contribution in [0.2, 0.25) is 0 Å². The van der Waals surface area contributed by atoms with Crippen LogP contribution in [0.3, 0.4) is 0 Å². The molecule has 3 nitrogen and oxygen atoms in total. The molecule has 0 saturated carbocycles. The summed E-state index contributed by atoms with van der Waals surface area (Å²) in [6.07, 6.45) is 3.93. The minimum atomic E-state index is 0.698. The van der Waals surface area contributed by atoms with Crippen LogP contribution in [0.15, 0.2) is 18.5 Å². The van der Waals surface area contributed by atoms with Crippen LogP contribution in [-0.2, 0) is 0 Å². The Morgan fingerprint density at radius 2 is 2.33 bits per heavy atom. The molecule has 1 heterocycles. The van der Waals surface area contributed by atoms with Gasteiger partial charge in [0.05, 0.1) is 12.2 Å². The predicted molar refractivity (Wildman–Crippen MR) is 45.9 cm³/mol. The number of hydrogen-bond acceptors (Lipinski definition) is 2. The Morgan fingerprint density at radius 3 is 2.92 bits per heavy atom. The van der Waals surface area contributed by atoms with Crippen LogP contribution in [0, 0.1) is 12.1 Å². The van der Waals surface area contributed by atoms with E-state index in [4.69, 9.17) is 4.74 Å². The molecule has 0 aliphatic heterocycles. The molecule has 0 radical (unpaired) electrons. The van der Waals surface area contributed by atoms with E-state index in [1.54, 1.807) is 6.07 Å². The maximum atomic E-state index is 10.8. The number of pyridine rings is 1. The Morgan fingerprint density at radius 1 is 1.58 bits per heavy atom. The molecule has 0 amide bonds. The predicted octanol–water partition coefficient (Wildman–Crippen LogP) is 1.42. The maximum Gasteiger partial charge on any atom is 0.186 e. The first kappa shape index (κ1) is 8.84. The van der Waals surface area contributed by atoms with Crippen LogP contribution < -0.4 is 9.47 Å². The van der Waals surface area contributed by atoms with Gasteiger partial charge in [-0.2, -0.15) is 4.73 Å². The summed E-state index contributed by atoms with van der Waals surface area (Å²) in [6, 6.07) is 1.69. The van der Waals surface area contributed by atoms with Gasteiger partial charge in [0, 0.05) is 6.07 Å². The first-order valence-corrected chi connectivity index (χ1v) is 4.06. The number of hydrogen-bond donors (Lipinski definition) is 0. The van der Waals surface area contributed by atoms with Crippen LogP contribution in [0.5, 0.6) is 5.75 Å². The minimum Gasteiger partial charge on any atom is -0.619 e. The highest BCUT2D eigenvalue weighted by Gasteiger charge is 2.01. The van der Waals surface area contributed by atoms with E-state index in [1.807, 2.05) is 13.8 Å². The lowest BCUT2D eigenvalue weighted by Crippen LogP contribution is -2.24. The molecular formula is C9H13NO2. The van der Waals surface area contributed by atoms with Crippen LogP contribution >= 0.6 is 0 Å². The quantitative estimate of drug-likeness (QED) is 0.504. The van der Waals surface area contributed by atoms with Gasteiger partial charge in [-0.1, -0.05) is 6.92 Å². The molecule has 3 heteroatoms. The molecule has 0 fully saturated rings. The molecular weight excluding hydrogens is 154 g/mol. The summed E-state index contributed by atoms with van der Waals surface area (Å²) in [5.74, 6) is 0.795. The fraction of sp³-hybridized carbons (Fsp3) is 0.444.